The number of aryl methyl sites for hydroxylation is 2. The SMILES string of the molecule is CCOc1ccc(NC(=O)COC(=O)c2ccc(-n3nc(C)cc3C)nc2)c([N+](=O)[O-])c1. The molecule has 11 nitrogen and oxygen atoms in total. The molecule has 1 aromatic carbocycles. The van der Waals surface area contributed by atoms with E-state index < -0.39 is 23.4 Å². The second-order valence-electron chi connectivity index (χ2n) is 6.74. The maximum Gasteiger partial charge on any atom is 0.340 e. The number of nitrogens with zero attached hydrogens (tertiary/aromatic N) is 4. The summed E-state index contributed by atoms with van der Waals surface area (Å²) in [5, 5.41) is 17.9. The lowest BCUT2D eigenvalue weighted by molar-refractivity contribution is -0.384. The summed E-state index contributed by atoms with van der Waals surface area (Å²) in [6.07, 6.45) is 1.32. The molecule has 11 heteroatoms. The molecule has 3 aromatic rings. The van der Waals surface area contributed by atoms with E-state index in [1.54, 1.807) is 17.7 Å². The van der Waals surface area contributed by atoms with Crippen molar-refractivity contribution >= 4 is 23.3 Å². The number of nitro benzene ring substituents is 1. The quantitative estimate of drug-likeness (QED) is 0.321. The number of rotatable bonds is 8. The summed E-state index contributed by atoms with van der Waals surface area (Å²) in [5.41, 5.74) is 1.52. The van der Waals surface area contributed by atoms with Gasteiger partial charge in [-0.1, -0.05) is 0 Å². The Morgan fingerprint density at radius 2 is 1.97 bits per heavy atom. The molecule has 0 fully saturated rings. The van der Waals surface area contributed by atoms with Gasteiger partial charge in [-0.15, -0.1) is 0 Å². The molecule has 0 saturated carbocycles. The highest BCUT2D eigenvalue weighted by molar-refractivity contribution is 5.96. The highest BCUT2D eigenvalue weighted by Crippen LogP contribution is 2.29. The minimum Gasteiger partial charge on any atom is -0.494 e. The molecule has 32 heavy (non-hydrogen) atoms. The standard InChI is InChI=1S/C21H21N5O6/c1-4-31-16-6-7-17(18(10-16)26(29)30)23-20(27)12-32-21(28)15-5-8-19(22-11-15)25-14(3)9-13(2)24-25/h5-11H,4,12H2,1-3H3,(H,23,27). The number of nitrogens with one attached hydrogen (secondary N) is 1. The Labute approximate surface area is 183 Å². The number of anilines is 1. The first-order valence-electron chi connectivity index (χ1n) is 9.66. The third-order valence-corrected chi connectivity index (χ3v) is 4.30. The molecule has 0 radical (unpaired) electrons. The lowest BCUT2D eigenvalue weighted by Crippen LogP contribution is -2.21. The zero-order valence-corrected chi connectivity index (χ0v) is 17.7. The summed E-state index contributed by atoms with van der Waals surface area (Å²) >= 11 is 0. The maximum absolute atomic E-state index is 12.2. The maximum atomic E-state index is 12.2. The van der Waals surface area contributed by atoms with Crippen LogP contribution in [0.4, 0.5) is 11.4 Å². The molecule has 0 bridgehead atoms. The van der Waals surface area contributed by atoms with Crippen molar-refractivity contribution in [3.05, 3.63) is 69.7 Å². The number of nitro groups is 1. The monoisotopic (exact) mass is 439 g/mol. The highest BCUT2D eigenvalue weighted by Gasteiger charge is 2.19. The van der Waals surface area contributed by atoms with Gasteiger partial charge >= 0.3 is 5.97 Å². The van der Waals surface area contributed by atoms with E-state index in [1.807, 2.05) is 19.9 Å². The van der Waals surface area contributed by atoms with Crippen LogP contribution in [0.5, 0.6) is 5.75 Å². The van der Waals surface area contributed by atoms with Crippen LogP contribution in [0.3, 0.4) is 0 Å². The molecule has 2 aromatic heterocycles. The van der Waals surface area contributed by atoms with Crippen molar-refractivity contribution in [2.24, 2.45) is 0 Å². The molecule has 0 aliphatic carbocycles. The summed E-state index contributed by atoms with van der Waals surface area (Å²) in [6.45, 7) is 5.22. The molecule has 0 atom stereocenters. The molecule has 0 unspecified atom stereocenters. The van der Waals surface area contributed by atoms with Crippen LogP contribution in [0.15, 0.2) is 42.6 Å². The molecule has 1 amide bonds. The fourth-order valence-electron chi connectivity index (χ4n) is 2.92. The third-order valence-electron chi connectivity index (χ3n) is 4.30. The van der Waals surface area contributed by atoms with E-state index in [4.69, 9.17) is 9.47 Å². The number of aromatic nitrogens is 3. The van der Waals surface area contributed by atoms with Gasteiger partial charge in [0.05, 0.1) is 28.9 Å². The van der Waals surface area contributed by atoms with Crippen molar-refractivity contribution in [2.45, 2.75) is 20.8 Å². The second kappa shape index (κ2) is 9.69. The van der Waals surface area contributed by atoms with Gasteiger partial charge in [0.25, 0.3) is 11.6 Å². The van der Waals surface area contributed by atoms with Gasteiger partial charge < -0.3 is 14.8 Å². The number of amides is 1. The van der Waals surface area contributed by atoms with E-state index in [0.717, 1.165) is 11.4 Å². The van der Waals surface area contributed by atoms with Crippen LogP contribution in [-0.2, 0) is 9.53 Å². The van der Waals surface area contributed by atoms with Gasteiger partial charge in [-0.2, -0.15) is 5.10 Å². The summed E-state index contributed by atoms with van der Waals surface area (Å²) in [6, 6.07) is 9.08. The van der Waals surface area contributed by atoms with Crippen molar-refractivity contribution < 1.29 is 24.0 Å². The number of benzene rings is 1. The Kier molecular flexibility index (Phi) is 6.78. The van der Waals surface area contributed by atoms with Crippen LogP contribution in [0, 0.1) is 24.0 Å². The van der Waals surface area contributed by atoms with Crippen LogP contribution < -0.4 is 10.1 Å². The van der Waals surface area contributed by atoms with Crippen LogP contribution in [0.2, 0.25) is 0 Å². The van der Waals surface area contributed by atoms with E-state index in [9.17, 15) is 19.7 Å². The van der Waals surface area contributed by atoms with Gasteiger partial charge in [0.15, 0.2) is 12.4 Å². The lowest BCUT2D eigenvalue weighted by atomic mass is 10.2. The number of esters is 1. The van der Waals surface area contributed by atoms with Crippen molar-refractivity contribution in [2.75, 3.05) is 18.5 Å². The third kappa shape index (κ3) is 5.25. The van der Waals surface area contributed by atoms with Crippen molar-refractivity contribution in [1.29, 1.82) is 0 Å². The topological polar surface area (TPSA) is 138 Å². The van der Waals surface area contributed by atoms with Gasteiger partial charge in [-0.05, 0) is 51.1 Å². The first-order chi connectivity index (χ1) is 15.3. The molecule has 3 rings (SSSR count). The van der Waals surface area contributed by atoms with Crippen LogP contribution in [0.25, 0.3) is 5.82 Å². The van der Waals surface area contributed by atoms with Crippen LogP contribution >= 0.6 is 0 Å². The predicted molar refractivity (Wildman–Crippen MR) is 114 cm³/mol. The Bertz CT molecular complexity index is 1160. The number of hydrogen-bond acceptors (Lipinski definition) is 8. The Hall–Kier alpha value is -4.28. The molecule has 166 valence electrons. The summed E-state index contributed by atoms with van der Waals surface area (Å²) in [7, 11) is 0. The molecule has 0 spiro atoms. The zero-order valence-electron chi connectivity index (χ0n) is 17.7. The Balaban J connectivity index is 1.61. The number of hydrogen-bond donors (Lipinski definition) is 1. The van der Waals surface area contributed by atoms with Crippen molar-refractivity contribution in [1.82, 2.24) is 14.8 Å². The van der Waals surface area contributed by atoms with Crippen molar-refractivity contribution in [3.8, 4) is 11.6 Å². The molecule has 2 heterocycles. The Morgan fingerprint density at radius 3 is 2.56 bits per heavy atom. The van der Waals surface area contributed by atoms with E-state index in [2.05, 4.69) is 15.4 Å². The number of carbonyl (C=O) groups is 2. The molecular formula is C21H21N5O6. The normalized spacial score (nSPS) is 10.5. The molecule has 0 aliphatic heterocycles. The fourth-order valence-corrected chi connectivity index (χ4v) is 2.92. The van der Waals surface area contributed by atoms with E-state index in [1.165, 1.54) is 30.5 Å². The summed E-state index contributed by atoms with van der Waals surface area (Å²) < 4.78 is 11.9. The fraction of sp³-hybridized carbons (Fsp3) is 0.238. The minimum absolute atomic E-state index is 0.0320. The van der Waals surface area contributed by atoms with Gasteiger partial charge in [0.2, 0.25) is 0 Å². The molecule has 1 N–H and O–H groups in total. The summed E-state index contributed by atoms with van der Waals surface area (Å²) in [5.74, 6) is -0.640. The zero-order chi connectivity index (χ0) is 23.3. The molecule has 0 saturated heterocycles. The average Bonchev–Trinajstić information content (AvgIpc) is 3.11. The van der Waals surface area contributed by atoms with Crippen LogP contribution in [0.1, 0.15) is 28.7 Å². The number of pyridine rings is 1. The number of carbonyl (C=O) groups excluding carboxylic acids is 2. The van der Waals surface area contributed by atoms with E-state index in [-0.39, 0.29) is 16.9 Å². The minimum atomic E-state index is -0.756. The van der Waals surface area contributed by atoms with Crippen LogP contribution in [-0.4, -0.2) is 44.8 Å². The van der Waals surface area contributed by atoms with Gasteiger partial charge in [-0.25, -0.2) is 14.5 Å². The molecule has 0 aliphatic rings. The van der Waals surface area contributed by atoms with Gasteiger partial charge in [0.1, 0.15) is 11.4 Å². The van der Waals surface area contributed by atoms with E-state index >= 15 is 0 Å². The molecular weight excluding hydrogens is 418 g/mol. The van der Waals surface area contributed by atoms with E-state index in [0.29, 0.717) is 18.2 Å². The second-order valence-corrected chi connectivity index (χ2v) is 6.74. The van der Waals surface area contributed by atoms with Crippen molar-refractivity contribution in [3.63, 3.8) is 0 Å². The predicted octanol–water partition coefficient (Wildman–Crippen LogP) is 2.99. The smallest absolute Gasteiger partial charge is 0.340 e. The van der Waals surface area contributed by atoms with Gasteiger partial charge in [-0.3, -0.25) is 14.9 Å². The van der Waals surface area contributed by atoms with Gasteiger partial charge in [0, 0.05) is 11.9 Å². The Morgan fingerprint density at radius 1 is 1.19 bits per heavy atom. The average molecular weight is 439 g/mol. The number of ether oxygens (including phenoxy) is 2. The lowest BCUT2D eigenvalue weighted by Gasteiger charge is -2.09. The first-order valence-corrected chi connectivity index (χ1v) is 9.66. The highest BCUT2D eigenvalue weighted by atomic mass is 16.6. The largest absolute Gasteiger partial charge is 0.494 e. The summed E-state index contributed by atoms with van der Waals surface area (Å²) in [4.78, 5) is 39.2. The first kappa shape index (κ1) is 22.4.